The molecule has 0 spiro atoms. The molecule has 5 nitrogen and oxygen atoms in total. The summed E-state index contributed by atoms with van der Waals surface area (Å²) in [5.41, 5.74) is 4.25. The average molecular weight is 404 g/mol. The Morgan fingerprint density at radius 1 is 1.21 bits per heavy atom. The number of pyridine rings is 1. The Morgan fingerprint density at radius 2 is 2.07 bits per heavy atom. The van der Waals surface area contributed by atoms with Crippen molar-refractivity contribution in [2.75, 3.05) is 12.8 Å². The number of carbonyl (C=O) groups is 1. The molecule has 4 aromatic rings. The van der Waals surface area contributed by atoms with Crippen LogP contribution in [0, 0.1) is 0 Å². The van der Waals surface area contributed by atoms with Gasteiger partial charge in [0.1, 0.15) is 11.8 Å². The van der Waals surface area contributed by atoms with Gasteiger partial charge in [0.05, 0.1) is 11.4 Å². The number of hydrogen-bond donors (Lipinski definition) is 1. The molecule has 1 aliphatic heterocycles. The Bertz CT molecular complexity index is 1170. The van der Waals surface area contributed by atoms with Crippen molar-refractivity contribution >= 4 is 28.6 Å². The zero-order chi connectivity index (χ0) is 19.8. The van der Waals surface area contributed by atoms with E-state index in [2.05, 4.69) is 28.2 Å². The molecule has 1 aromatic carbocycles. The van der Waals surface area contributed by atoms with Crippen LogP contribution in [0.5, 0.6) is 0 Å². The smallest absolute Gasteiger partial charge is 0.290 e. The molecular weight excluding hydrogens is 382 g/mol. The first-order valence-corrected chi connectivity index (χ1v) is 11.0. The lowest BCUT2D eigenvalue weighted by atomic mass is 9.94. The summed E-state index contributed by atoms with van der Waals surface area (Å²) in [6.07, 6.45) is 4.59. The summed E-state index contributed by atoms with van der Waals surface area (Å²) in [7, 11) is 0. The van der Waals surface area contributed by atoms with Crippen LogP contribution < -0.4 is 0 Å². The van der Waals surface area contributed by atoms with Gasteiger partial charge in [-0.25, -0.2) is 0 Å². The minimum atomic E-state index is -0.269. The molecular formula is C23H21N3O2S. The predicted molar refractivity (Wildman–Crippen MR) is 115 cm³/mol. The number of hydrogen-bond acceptors (Lipinski definition) is 4. The van der Waals surface area contributed by atoms with Crippen LogP contribution in [-0.2, 0) is 12.2 Å². The van der Waals surface area contributed by atoms with E-state index >= 15 is 0 Å². The zero-order valence-electron chi connectivity index (χ0n) is 16.1. The van der Waals surface area contributed by atoms with Crippen LogP contribution in [0.4, 0.5) is 0 Å². The number of nitrogens with one attached hydrogen (secondary N) is 1. The molecule has 5 rings (SSSR count). The molecule has 0 radical (unpaired) electrons. The van der Waals surface area contributed by atoms with Crippen molar-refractivity contribution in [1.29, 1.82) is 0 Å². The quantitative estimate of drug-likeness (QED) is 0.531. The highest BCUT2D eigenvalue weighted by molar-refractivity contribution is 7.97. The van der Waals surface area contributed by atoms with Crippen molar-refractivity contribution in [3.05, 3.63) is 89.3 Å². The molecule has 6 heteroatoms. The van der Waals surface area contributed by atoms with Crippen LogP contribution in [-0.4, -0.2) is 33.6 Å². The van der Waals surface area contributed by atoms with Gasteiger partial charge in [0.15, 0.2) is 5.76 Å². The number of thioether (sulfide) groups is 1. The highest BCUT2D eigenvalue weighted by atomic mass is 32.2. The van der Waals surface area contributed by atoms with E-state index in [-0.39, 0.29) is 11.9 Å². The predicted octanol–water partition coefficient (Wildman–Crippen LogP) is 4.81. The van der Waals surface area contributed by atoms with Gasteiger partial charge in [0, 0.05) is 29.3 Å². The topological polar surface area (TPSA) is 62.1 Å². The first kappa shape index (κ1) is 18.1. The number of amides is 1. The van der Waals surface area contributed by atoms with E-state index in [1.54, 1.807) is 24.0 Å². The summed E-state index contributed by atoms with van der Waals surface area (Å²) in [4.78, 5) is 23.4. The number of carbonyl (C=O) groups excluding carboxylic acids is 1. The van der Waals surface area contributed by atoms with Crippen LogP contribution in [0.3, 0.4) is 0 Å². The lowest BCUT2D eigenvalue weighted by molar-refractivity contribution is 0.0654. The maximum atomic E-state index is 13.4. The van der Waals surface area contributed by atoms with Crippen LogP contribution in [0.15, 0.2) is 65.2 Å². The largest absolute Gasteiger partial charge is 0.455 e. The van der Waals surface area contributed by atoms with Crippen molar-refractivity contribution in [2.45, 2.75) is 18.2 Å². The number of fused-ring (bicyclic) bond motifs is 3. The number of nitrogens with zero attached hydrogens (tertiary/aromatic N) is 2. The molecule has 0 saturated carbocycles. The molecule has 1 amide bonds. The zero-order valence-corrected chi connectivity index (χ0v) is 16.9. The molecule has 1 N–H and O–H groups in total. The van der Waals surface area contributed by atoms with Crippen molar-refractivity contribution in [2.24, 2.45) is 0 Å². The SMILES string of the molecule is CSCc1ccc(C(=O)N2CCc3c([nH]c4ccccc34)[C@H]2c2ccccn2)o1. The summed E-state index contributed by atoms with van der Waals surface area (Å²) < 4.78 is 5.83. The Labute approximate surface area is 173 Å². The lowest BCUT2D eigenvalue weighted by Gasteiger charge is -2.35. The molecule has 0 aliphatic carbocycles. The van der Waals surface area contributed by atoms with Gasteiger partial charge in [0.2, 0.25) is 0 Å². The second-order valence-corrected chi connectivity index (χ2v) is 8.03. The van der Waals surface area contributed by atoms with E-state index in [4.69, 9.17) is 4.42 Å². The van der Waals surface area contributed by atoms with Gasteiger partial charge >= 0.3 is 0 Å². The van der Waals surface area contributed by atoms with E-state index in [9.17, 15) is 4.79 Å². The third-order valence-corrected chi connectivity index (χ3v) is 6.00. The van der Waals surface area contributed by atoms with E-state index in [1.807, 2.05) is 41.5 Å². The van der Waals surface area contributed by atoms with Crippen molar-refractivity contribution < 1.29 is 9.21 Å². The molecule has 3 aromatic heterocycles. The molecule has 1 aliphatic rings. The lowest BCUT2D eigenvalue weighted by Crippen LogP contribution is -2.40. The maximum absolute atomic E-state index is 13.4. The van der Waals surface area contributed by atoms with Gasteiger partial charge in [-0.15, -0.1) is 0 Å². The first-order valence-electron chi connectivity index (χ1n) is 9.65. The molecule has 0 saturated heterocycles. The number of para-hydroxylation sites is 1. The van der Waals surface area contributed by atoms with E-state index in [0.29, 0.717) is 12.3 Å². The Hall–Kier alpha value is -2.99. The fourth-order valence-electron chi connectivity index (χ4n) is 4.16. The van der Waals surface area contributed by atoms with Gasteiger partial charge in [0.25, 0.3) is 5.91 Å². The maximum Gasteiger partial charge on any atom is 0.290 e. The molecule has 0 unspecified atom stereocenters. The summed E-state index contributed by atoms with van der Waals surface area (Å²) in [5, 5.41) is 1.22. The molecule has 146 valence electrons. The van der Waals surface area contributed by atoms with Crippen molar-refractivity contribution in [1.82, 2.24) is 14.9 Å². The molecule has 0 fully saturated rings. The summed E-state index contributed by atoms with van der Waals surface area (Å²) in [6, 6.07) is 17.5. The van der Waals surface area contributed by atoms with E-state index in [0.717, 1.165) is 34.8 Å². The van der Waals surface area contributed by atoms with Crippen molar-refractivity contribution in [3.63, 3.8) is 0 Å². The van der Waals surface area contributed by atoms with E-state index in [1.165, 1.54) is 10.9 Å². The minimum Gasteiger partial charge on any atom is -0.455 e. The summed E-state index contributed by atoms with van der Waals surface area (Å²) in [6.45, 7) is 0.619. The van der Waals surface area contributed by atoms with Crippen LogP contribution >= 0.6 is 11.8 Å². The Kier molecular flexibility index (Phi) is 4.64. The van der Waals surface area contributed by atoms with Gasteiger partial charge in [-0.1, -0.05) is 24.3 Å². The summed E-state index contributed by atoms with van der Waals surface area (Å²) >= 11 is 1.67. The standard InChI is InChI=1S/C23H21N3O2S/c1-29-14-15-9-10-20(28-15)23(27)26-13-11-17-16-6-2-3-7-18(16)25-21(17)22(26)19-8-4-5-12-24-19/h2-10,12,22,25H,11,13-14H2,1H3/t22-/m1/s1. The van der Waals surface area contributed by atoms with Crippen LogP contribution in [0.2, 0.25) is 0 Å². The number of aromatic amines is 1. The molecule has 0 bridgehead atoms. The average Bonchev–Trinajstić information content (AvgIpc) is 3.38. The second kappa shape index (κ2) is 7.44. The number of H-pyrrole nitrogens is 1. The van der Waals surface area contributed by atoms with Crippen LogP contribution in [0.25, 0.3) is 10.9 Å². The number of benzene rings is 1. The molecule has 4 heterocycles. The van der Waals surface area contributed by atoms with E-state index < -0.39 is 0 Å². The number of furan rings is 1. The molecule has 29 heavy (non-hydrogen) atoms. The fourth-order valence-corrected chi connectivity index (χ4v) is 4.60. The highest BCUT2D eigenvalue weighted by Gasteiger charge is 2.36. The third kappa shape index (κ3) is 3.13. The third-order valence-electron chi connectivity index (χ3n) is 5.42. The minimum absolute atomic E-state index is 0.0997. The first-order chi connectivity index (χ1) is 14.3. The van der Waals surface area contributed by atoms with Gasteiger partial charge < -0.3 is 14.3 Å². The summed E-state index contributed by atoms with van der Waals surface area (Å²) in [5.74, 6) is 1.86. The number of aromatic nitrogens is 2. The second-order valence-electron chi connectivity index (χ2n) is 7.17. The van der Waals surface area contributed by atoms with Crippen LogP contribution in [0.1, 0.15) is 39.3 Å². The monoisotopic (exact) mass is 403 g/mol. The highest BCUT2D eigenvalue weighted by Crippen LogP contribution is 2.38. The Morgan fingerprint density at radius 3 is 2.90 bits per heavy atom. The van der Waals surface area contributed by atoms with Gasteiger partial charge in [-0.05, 0) is 48.6 Å². The van der Waals surface area contributed by atoms with Gasteiger partial charge in [-0.2, -0.15) is 11.8 Å². The fraction of sp³-hybridized carbons (Fsp3) is 0.217. The Balaban J connectivity index is 1.60. The van der Waals surface area contributed by atoms with Crippen molar-refractivity contribution in [3.8, 4) is 0 Å². The normalized spacial score (nSPS) is 16.2. The molecule has 1 atom stereocenters. The van der Waals surface area contributed by atoms with Gasteiger partial charge in [-0.3, -0.25) is 9.78 Å². The number of rotatable bonds is 4.